The maximum absolute atomic E-state index is 13.1. The van der Waals surface area contributed by atoms with Gasteiger partial charge in [0.2, 0.25) is 0 Å². The van der Waals surface area contributed by atoms with E-state index < -0.39 is 15.7 Å². The second-order valence-electron chi connectivity index (χ2n) is 5.44. The van der Waals surface area contributed by atoms with Gasteiger partial charge in [0.25, 0.3) is 0 Å². The molecule has 0 amide bonds. The lowest BCUT2D eigenvalue weighted by molar-refractivity contribution is 0.371. The topological polar surface area (TPSA) is 46.2 Å². The number of sulfone groups is 1. The van der Waals surface area contributed by atoms with Crippen LogP contribution >= 0.6 is 11.6 Å². The Morgan fingerprint density at radius 1 is 1.40 bits per heavy atom. The van der Waals surface area contributed by atoms with E-state index in [9.17, 15) is 12.8 Å². The van der Waals surface area contributed by atoms with E-state index in [-0.39, 0.29) is 16.3 Å². The smallest absolute Gasteiger partial charge is 0.150 e. The molecule has 112 valence electrons. The fraction of sp³-hybridized carbons (Fsp3) is 0.571. The Morgan fingerprint density at radius 3 is 2.80 bits per heavy atom. The molecule has 2 rings (SSSR count). The maximum Gasteiger partial charge on any atom is 0.150 e. The van der Waals surface area contributed by atoms with Crippen LogP contribution in [-0.2, 0) is 16.4 Å². The van der Waals surface area contributed by atoms with Crippen LogP contribution in [0.5, 0.6) is 0 Å². The quantitative estimate of drug-likeness (QED) is 0.928. The fourth-order valence-corrected chi connectivity index (χ4v) is 4.01. The van der Waals surface area contributed by atoms with Crippen molar-refractivity contribution >= 4 is 21.4 Å². The Bertz CT molecular complexity index is 577. The first-order valence-corrected chi connectivity index (χ1v) is 9.05. The molecule has 0 radical (unpaired) electrons. The van der Waals surface area contributed by atoms with Gasteiger partial charge in [-0.05, 0) is 37.0 Å². The van der Waals surface area contributed by atoms with Gasteiger partial charge in [0.05, 0.1) is 10.3 Å². The van der Waals surface area contributed by atoms with Gasteiger partial charge in [-0.2, -0.15) is 0 Å². The molecule has 1 N–H and O–H groups in total. The molecule has 1 aromatic rings. The summed E-state index contributed by atoms with van der Waals surface area (Å²) in [5.74, 6) is -0.426. The van der Waals surface area contributed by atoms with Crippen LogP contribution in [0.4, 0.5) is 4.39 Å². The van der Waals surface area contributed by atoms with Gasteiger partial charge in [-0.3, -0.25) is 0 Å². The standard InChI is InChI=1S/C14H19ClFNO2S/c1-20(18,19)12-4-2-3-11(8-12)17-9-10-5-6-14(16)13(15)7-10/h5-7,11-12,17H,2-4,8-9H2,1H3. The number of hydrogen-bond donors (Lipinski definition) is 1. The molecule has 0 saturated heterocycles. The van der Waals surface area contributed by atoms with E-state index in [0.717, 1.165) is 24.8 Å². The summed E-state index contributed by atoms with van der Waals surface area (Å²) in [7, 11) is -2.96. The number of nitrogens with one attached hydrogen (secondary N) is 1. The Balaban J connectivity index is 1.92. The summed E-state index contributed by atoms with van der Waals surface area (Å²) in [5, 5.41) is 3.21. The average molecular weight is 320 g/mol. The zero-order valence-electron chi connectivity index (χ0n) is 11.4. The van der Waals surface area contributed by atoms with Gasteiger partial charge in [-0.25, -0.2) is 12.8 Å². The number of benzene rings is 1. The van der Waals surface area contributed by atoms with Crippen LogP contribution in [0.3, 0.4) is 0 Å². The molecular weight excluding hydrogens is 301 g/mol. The van der Waals surface area contributed by atoms with E-state index in [0.29, 0.717) is 13.0 Å². The number of hydrogen-bond acceptors (Lipinski definition) is 3. The van der Waals surface area contributed by atoms with E-state index >= 15 is 0 Å². The van der Waals surface area contributed by atoms with Crippen molar-refractivity contribution in [3.63, 3.8) is 0 Å². The van der Waals surface area contributed by atoms with E-state index in [1.807, 2.05) is 0 Å². The zero-order valence-corrected chi connectivity index (χ0v) is 13.0. The summed E-state index contributed by atoms with van der Waals surface area (Å²) in [6.45, 7) is 0.571. The van der Waals surface area contributed by atoms with Gasteiger partial charge in [0.1, 0.15) is 15.7 Å². The highest BCUT2D eigenvalue weighted by Gasteiger charge is 2.28. The van der Waals surface area contributed by atoms with Crippen LogP contribution in [0.15, 0.2) is 18.2 Å². The Labute approximate surface area is 124 Å². The highest BCUT2D eigenvalue weighted by Crippen LogP contribution is 2.24. The SMILES string of the molecule is CS(=O)(=O)C1CCCC(NCc2ccc(F)c(Cl)c2)C1. The largest absolute Gasteiger partial charge is 0.310 e. The molecule has 0 spiro atoms. The fourth-order valence-electron chi connectivity index (χ4n) is 2.63. The van der Waals surface area contributed by atoms with Crippen molar-refractivity contribution < 1.29 is 12.8 Å². The normalized spacial score (nSPS) is 23.8. The first-order valence-electron chi connectivity index (χ1n) is 6.72. The summed E-state index contributed by atoms with van der Waals surface area (Å²) < 4.78 is 36.3. The molecule has 0 aromatic heterocycles. The van der Waals surface area contributed by atoms with Crippen LogP contribution in [0.2, 0.25) is 5.02 Å². The molecule has 1 saturated carbocycles. The molecule has 2 unspecified atom stereocenters. The minimum atomic E-state index is -2.96. The Hall–Kier alpha value is -0.650. The third-order valence-corrected chi connectivity index (χ3v) is 5.74. The highest BCUT2D eigenvalue weighted by atomic mass is 35.5. The molecule has 3 nitrogen and oxygen atoms in total. The first kappa shape index (κ1) is 15.7. The van der Waals surface area contributed by atoms with E-state index in [1.54, 1.807) is 12.1 Å². The third-order valence-electron chi connectivity index (χ3n) is 3.81. The summed E-state index contributed by atoms with van der Waals surface area (Å²) in [4.78, 5) is 0. The molecule has 1 aromatic carbocycles. The van der Waals surface area contributed by atoms with Crippen LogP contribution in [0.1, 0.15) is 31.2 Å². The van der Waals surface area contributed by atoms with Gasteiger partial charge in [-0.1, -0.05) is 24.1 Å². The van der Waals surface area contributed by atoms with Gasteiger partial charge in [0.15, 0.2) is 0 Å². The minimum absolute atomic E-state index is 0.113. The lowest BCUT2D eigenvalue weighted by Gasteiger charge is -2.28. The second-order valence-corrected chi connectivity index (χ2v) is 8.18. The second kappa shape index (κ2) is 6.41. The molecule has 6 heteroatoms. The predicted octanol–water partition coefficient (Wildman–Crippen LogP) is 2.92. The van der Waals surface area contributed by atoms with Crippen molar-refractivity contribution in [2.75, 3.05) is 6.26 Å². The molecule has 0 heterocycles. The van der Waals surface area contributed by atoms with E-state index in [4.69, 9.17) is 11.6 Å². The molecular formula is C14H19ClFNO2S. The van der Waals surface area contributed by atoms with Gasteiger partial charge in [-0.15, -0.1) is 0 Å². The third kappa shape index (κ3) is 4.17. The number of halogens is 2. The first-order chi connectivity index (χ1) is 9.36. The summed E-state index contributed by atoms with van der Waals surface area (Å²) in [5.41, 5.74) is 0.901. The Morgan fingerprint density at radius 2 is 2.15 bits per heavy atom. The summed E-state index contributed by atoms with van der Waals surface area (Å²) in [6, 6.07) is 4.82. The molecule has 2 atom stereocenters. The average Bonchev–Trinajstić information content (AvgIpc) is 2.39. The van der Waals surface area contributed by atoms with E-state index in [2.05, 4.69) is 5.32 Å². The van der Waals surface area contributed by atoms with Gasteiger partial charge in [0, 0.05) is 18.8 Å². The minimum Gasteiger partial charge on any atom is -0.310 e. The van der Waals surface area contributed by atoms with Crippen LogP contribution in [-0.4, -0.2) is 26.0 Å². The monoisotopic (exact) mass is 319 g/mol. The Kier molecular flexibility index (Phi) is 5.04. The molecule has 1 aliphatic rings. The number of rotatable bonds is 4. The maximum atomic E-state index is 13.1. The van der Waals surface area contributed by atoms with Gasteiger partial charge >= 0.3 is 0 Å². The molecule has 0 bridgehead atoms. The summed E-state index contributed by atoms with van der Waals surface area (Å²) >= 11 is 5.74. The highest BCUT2D eigenvalue weighted by molar-refractivity contribution is 7.91. The lowest BCUT2D eigenvalue weighted by Crippen LogP contribution is -2.38. The van der Waals surface area contributed by atoms with Crippen molar-refractivity contribution in [3.05, 3.63) is 34.6 Å². The van der Waals surface area contributed by atoms with Gasteiger partial charge < -0.3 is 5.32 Å². The lowest BCUT2D eigenvalue weighted by atomic mass is 9.95. The van der Waals surface area contributed by atoms with Crippen molar-refractivity contribution in [3.8, 4) is 0 Å². The van der Waals surface area contributed by atoms with Crippen LogP contribution in [0, 0.1) is 5.82 Å². The van der Waals surface area contributed by atoms with Crippen LogP contribution < -0.4 is 5.32 Å². The molecule has 0 aliphatic heterocycles. The van der Waals surface area contributed by atoms with Crippen LogP contribution in [0.25, 0.3) is 0 Å². The summed E-state index contributed by atoms with van der Waals surface area (Å²) in [6.07, 6.45) is 4.59. The van der Waals surface area contributed by atoms with Crippen molar-refractivity contribution in [2.24, 2.45) is 0 Å². The van der Waals surface area contributed by atoms with Crippen molar-refractivity contribution in [1.82, 2.24) is 5.32 Å². The predicted molar refractivity (Wildman–Crippen MR) is 79.1 cm³/mol. The molecule has 20 heavy (non-hydrogen) atoms. The van der Waals surface area contributed by atoms with Crippen molar-refractivity contribution in [2.45, 2.75) is 43.5 Å². The van der Waals surface area contributed by atoms with Crippen molar-refractivity contribution in [1.29, 1.82) is 0 Å². The molecule has 1 fully saturated rings. The zero-order chi connectivity index (χ0) is 14.8. The van der Waals surface area contributed by atoms with E-state index in [1.165, 1.54) is 12.3 Å². The molecule has 1 aliphatic carbocycles.